The predicted molar refractivity (Wildman–Crippen MR) is 75.8 cm³/mol. The van der Waals surface area contributed by atoms with Gasteiger partial charge in [0, 0.05) is 27.5 Å². The third-order valence-corrected chi connectivity index (χ3v) is 2.95. The zero-order valence-electron chi connectivity index (χ0n) is 10.1. The van der Waals surface area contributed by atoms with E-state index >= 15 is 0 Å². The number of hydrogen-bond donors (Lipinski definition) is 0. The van der Waals surface area contributed by atoms with Gasteiger partial charge in [0.1, 0.15) is 5.75 Å². The Bertz CT molecular complexity index is 625. The molecule has 0 bridgehead atoms. The second-order valence-corrected chi connectivity index (χ2v) is 5.06. The highest BCUT2D eigenvalue weighted by Gasteiger charge is 2.04. The van der Waals surface area contributed by atoms with Crippen LogP contribution in [0.3, 0.4) is 0 Å². The van der Waals surface area contributed by atoms with Crippen molar-refractivity contribution in [3.63, 3.8) is 0 Å². The number of hydrogen-bond acceptors (Lipinski definition) is 4. The van der Waals surface area contributed by atoms with Crippen LogP contribution in [0.15, 0.2) is 29.2 Å². The van der Waals surface area contributed by atoms with Crippen LogP contribution >= 0.6 is 22.6 Å². The average Bonchev–Trinajstić information content (AvgIpc) is 2.32. The Morgan fingerprint density at radius 3 is 2.83 bits per heavy atom. The molecule has 0 spiro atoms. The summed E-state index contributed by atoms with van der Waals surface area (Å²) in [5.74, 6) is 0.732. The van der Waals surface area contributed by atoms with E-state index in [1.807, 2.05) is 13.0 Å². The number of halogens is 1. The first-order chi connectivity index (χ1) is 8.58. The maximum Gasteiger partial charge on any atom is 0.268 e. The van der Waals surface area contributed by atoms with Crippen LogP contribution in [-0.4, -0.2) is 21.9 Å². The Balaban J connectivity index is 2.33. The highest BCUT2D eigenvalue weighted by molar-refractivity contribution is 14.1. The molecule has 0 atom stereocenters. The fourth-order valence-electron chi connectivity index (χ4n) is 1.59. The van der Waals surface area contributed by atoms with E-state index in [-0.39, 0.29) is 5.56 Å². The fraction of sp³-hybridized carbons (Fsp3) is 0.250. The van der Waals surface area contributed by atoms with E-state index in [1.54, 1.807) is 25.4 Å². The molecule has 2 aromatic heterocycles. The van der Waals surface area contributed by atoms with Crippen molar-refractivity contribution in [2.24, 2.45) is 0 Å². The van der Waals surface area contributed by atoms with Crippen LogP contribution in [0, 0.1) is 10.5 Å². The highest BCUT2D eigenvalue weighted by atomic mass is 127. The van der Waals surface area contributed by atoms with Gasteiger partial charge in [-0.2, -0.15) is 5.10 Å². The molecule has 0 aliphatic rings. The number of nitrogens with zero attached hydrogens (tertiary/aromatic N) is 3. The molecule has 0 N–H and O–H groups in total. The lowest BCUT2D eigenvalue weighted by Crippen LogP contribution is -2.23. The number of aryl methyl sites for hydroxylation is 1. The van der Waals surface area contributed by atoms with E-state index in [4.69, 9.17) is 4.74 Å². The van der Waals surface area contributed by atoms with E-state index in [0.29, 0.717) is 6.54 Å². The number of ether oxygens (including phenoxy) is 1. The van der Waals surface area contributed by atoms with Crippen molar-refractivity contribution in [3.8, 4) is 5.75 Å². The van der Waals surface area contributed by atoms with Gasteiger partial charge in [0.25, 0.3) is 5.56 Å². The lowest BCUT2D eigenvalue weighted by atomic mass is 10.3. The van der Waals surface area contributed by atoms with Gasteiger partial charge in [-0.15, -0.1) is 0 Å². The van der Waals surface area contributed by atoms with Crippen LogP contribution in [0.1, 0.15) is 11.4 Å². The van der Waals surface area contributed by atoms with E-state index < -0.39 is 0 Å². The van der Waals surface area contributed by atoms with Gasteiger partial charge in [0.15, 0.2) is 0 Å². The first-order valence-corrected chi connectivity index (χ1v) is 6.40. The van der Waals surface area contributed by atoms with Gasteiger partial charge >= 0.3 is 0 Å². The third kappa shape index (κ3) is 3.06. The van der Waals surface area contributed by atoms with Gasteiger partial charge in [-0.25, -0.2) is 4.68 Å². The highest BCUT2D eigenvalue weighted by Crippen LogP contribution is 2.13. The molecule has 18 heavy (non-hydrogen) atoms. The Morgan fingerprint density at radius 1 is 1.39 bits per heavy atom. The molecule has 2 heterocycles. The number of pyridine rings is 1. The molecule has 0 amide bonds. The lowest BCUT2D eigenvalue weighted by molar-refractivity contribution is 0.412. The summed E-state index contributed by atoms with van der Waals surface area (Å²) in [4.78, 5) is 16.1. The van der Waals surface area contributed by atoms with Gasteiger partial charge in [-0.3, -0.25) is 9.78 Å². The Labute approximate surface area is 118 Å². The standard InChI is InChI=1S/C12H12IN3O2/c1-8-3-11(18-2)5-10(15-8)7-16-12(17)4-9(13)6-14-16/h3-6H,7H2,1-2H3. The summed E-state index contributed by atoms with van der Waals surface area (Å²) in [5.41, 5.74) is 1.47. The monoisotopic (exact) mass is 357 g/mol. The Kier molecular flexibility index (Phi) is 3.95. The van der Waals surface area contributed by atoms with Crippen molar-refractivity contribution >= 4 is 22.6 Å². The molecule has 0 unspecified atom stereocenters. The molecular weight excluding hydrogens is 345 g/mol. The van der Waals surface area contributed by atoms with Crippen molar-refractivity contribution < 1.29 is 4.74 Å². The summed E-state index contributed by atoms with van der Waals surface area (Å²) in [5, 5.41) is 4.07. The van der Waals surface area contributed by atoms with Crippen LogP contribution in [-0.2, 0) is 6.54 Å². The summed E-state index contributed by atoms with van der Waals surface area (Å²) in [7, 11) is 1.61. The molecule has 2 rings (SSSR count). The van der Waals surface area contributed by atoms with Crippen LogP contribution in [0.2, 0.25) is 0 Å². The van der Waals surface area contributed by atoms with E-state index in [1.165, 1.54) is 4.68 Å². The largest absolute Gasteiger partial charge is 0.497 e. The molecule has 6 heteroatoms. The lowest BCUT2D eigenvalue weighted by Gasteiger charge is -2.07. The second kappa shape index (κ2) is 5.47. The van der Waals surface area contributed by atoms with Gasteiger partial charge < -0.3 is 4.74 Å². The number of aromatic nitrogens is 3. The average molecular weight is 357 g/mol. The van der Waals surface area contributed by atoms with Crippen LogP contribution in [0.4, 0.5) is 0 Å². The number of methoxy groups -OCH3 is 1. The predicted octanol–water partition coefficient (Wildman–Crippen LogP) is 1.61. The SMILES string of the molecule is COc1cc(C)nc(Cn2ncc(I)cc2=O)c1. The molecule has 94 valence electrons. The fourth-order valence-corrected chi connectivity index (χ4v) is 1.98. The normalized spacial score (nSPS) is 10.4. The zero-order chi connectivity index (χ0) is 13.1. The molecule has 0 radical (unpaired) electrons. The Hall–Kier alpha value is -1.44. The first kappa shape index (κ1) is 13.0. The maximum absolute atomic E-state index is 11.7. The quantitative estimate of drug-likeness (QED) is 0.784. The molecule has 2 aromatic rings. The van der Waals surface area contributed by atoms with Crippen LogP contribution in [0.5, 0.6) is 5.75 Å². The molecule has 0 saturated heterocycles. The van der Waals surface area contributed by atoms with Crippen molar-refractivity contribution in [2.45, 2.75) is 13.5 Å². The molecule has 5 nitrogen and oxygen atoms in total. The van der Waals surface area contributed by atoms with Crippen molar-refractivity contribution in [1.82, 2.24) is 14.8 Å². The first-order valence-electron chi connectivity index (χ1n) is 5.33. The summed E-state index contributed by atoms with van der Waals surface area (Å²) in [6, 6.07) is 5.19. The minimum Gasteiger partial charge on any atom is -0.497 e. The molecule has 0 fully saturated rings. The van der Waals surface area contributed by atoms with Crippen LogP contribution in [0.25, 0.3) is 0 Å². The molecular formula is C12H12IN3O2. The van der Waals surface area contributed by atoms with E-state index in [2.05, 4.69) is 32.7 Å². The van der Waals surface area contributed by atoms with E-state index in [9.17, 15) is 4.79 Å². The van der Waals surface area contributed by atoms with Gasteiger partial charge in [0.05, 0.1) is 25.5 Å². The molecule has 0 aliphatic heterocycles. The van der Waals surface area contributed by atoms with Gasteiger partial charge in [-0.05, 0) is 29.5 Å². The van der Waals surface area contributed by atoms with E-state index in [0.717, 1.165) is 20.7 Å². The smallest absolute Gasteiger partial charge is 0.268 e. The topological polar surface area (TPSA) is 57.0 Å². The zero-order valence-corrected chi connectivity index (χ0v) is 12.2. The van der Waals surface area contributed by atoms with Crippen molar-refractivity contribution in [3.05, 3.63) is 49.7 Å². The Morgan fingerprint density at radius 2 is 2.17 bits per heavy atom. The van der Waals surface area contributed by atoms with Gasteiger partial charge in [0.2, 0.25) is 0 Å². The second-order valence-electron chi connectivity index (χ2n) is 3.81. The van der Waals surface area contributed by atoms with Crippen LogP contribution < -0.4 is 10.3 Å². The van der Waals surface area contributed by atoms with Crippen molar-refractivity contribution in [2.75, 3.05) is 7.11 Å². The van der Waals surface area contributed by atoms with Gasteiger partial charge in [-0.1, -0.05) is 0 Å². The number of rotatable bonds is 3. The molecule has 0 aliphatic carbocycles. The maximum atomic E-state index is 11.7. The third-order valence-electron chi connectivity index (χ3n) is 2.36. The molecule has 0 aromatic carbocycles. The minimum absolute atomic E-state index is 0.135. The molecule has 0 saturated carbocycles. The summed E-state index contributed by atoms with van der Waals surface area (Å²) < 4.78 is 7.37. The summed E-state index contributed by atoms with van der Waals surface area (Å²) in [6.07, 6.45) is 1.65. The van der Waals surface area contributed by atoms with Crippen molar-refractivity contribution in [1.29, 1.82) is 0 Å². The minimum atomic E-state index is -0.135. The summed E-state index contributed by atoms with van der Waals surface area (Å²) in [6.45, 7) is 2.23. The summed E-state index contributed by atoms with van der Waals surface area (Å²) >= 11 is 2.06.